The molecule has 0 bridgehead atoms. The van der Waals surface area contributed by atoms with Gasteiger partial charge < -0.3 is 15.7 Å². The van der Waals surface area contributed by atoms with Crippen LogP contribution in [-0.2, 0) is 21.7 Å². The average Bonchev–Trinajstić information content (AvgIpc) is 3.64. The number of fused-ring (bicyclic) bond motifs is 1. The van der Waals surface area contributed by atoms with E-state index in [-0.39, 0.29) is 6.61 Å². The molecule has 0 unspecified atom stereocenters. The van der Waals surface area contributed by atoms with Crippen molar-refractivity contribution in [2.75, 3.05) is 30.0 Å². The first-order chi connectivity index (χ1) is 17.2. The van der Waals surface area contributed by atoms with E-state index in [2.05, 4.69) is 21.7 Å². The van der Waals surface area contributed by atoms with Gasteiger partial charge in [0, 0.05) is 35.7 Å². The number of aliphatic hydroxyl groups is 1. The average molecular weight is 504 g/mol. The maximum absolute atomic E-state index is 12.1. The molecule has 1 atom stereocenters. The van der Waals surface area contributed by atoms with Crippen molar-refractivity contribution < 1.29 is 13.5 Å². The summed E-state index contributed by atoms with van der Waals surface area (Å²) in [5, 5.41) is 26.3. The molecular weight excluding hydrogens is 474 g/mol. The molecule has 2 heterocycles. The number of anilines is 3. The second kappa shape index (κ2) is 9.19. The van der Waals surface area contributed by atoms with Gasteiger partial charge in [-0.3, -0.25) is 0 Å². The monoisotopic (exact) mass is 503 g/mol. The molecule has 3 N–H and O–H groups in total. The van der Waals surface area contributed by atoms with Crippen molar-refractivity contribution in [3.63, 3.8) is 0 Å². The van der Waals surface area contributed by atoms with Gasteiger partial charge in [0.15, 0.2) is 9.84 Å². The number of nitrogens with zero attached hydrogens (tertiary/aromatic N) is 3. The molecule has 1 saturated carbocycles. The fourth-order valence-corrected chi connectivity index (χ4v) is 5.33. The van der Waals surface area contributed by atoms with Crippen LogP contribution in [0.15, 0.2) is 47.5 Å². The van der Waals surface area contributed by atoms with Gasteiger partial charge in [-0.05, 0) is 66.3 Å². The first-order valence-electron chi connectivity index (χ1n) is 12.1. The second-order valence-corrected chi connectivity index (χ2v) is 12.1. The zero-order valence-corrected chi connectivity index (χ0v) is 21.2. The Balaban J connectivity index is 1.49. The lowest BCUT2D eigenvalue weighted by Gasteiger charge is -2.21. The molecular formula is C27H29N5O3S. The molecule has 1 aliphatic carbocycles. The van der Waals surface area contributed by atoms with Crippen LogP contribution in [0.3, 0.4) is 0 Å². The minimum Gasteiger partial charge on any atom is -0.395 e. The summed E-state index contributed by atoms with van der Waals surface area (Å²) in [6, 6.07) is 12.9. The normalized spacial score (nSPS) is 18.8. The van der Waals surface area contributed by atoms with Crippen LogP contribution in [0.1, 0.15) is 42.9 Å². The van der Waals surface area contributed by atoms with E-state index in [1.165, 1.54) is 19.1 Å². The van der Waals surface area contributed by atoms with Crippen molar-refractivity contribution in [1.29, 1.82) is 5.26 Å². The summed E-state index contributed by atoms with van der Waals surface area (Å²) < 4.78 is 24.2. The Morgan fingerprint density at radius 1 is 1.25 bits per heavy atom. The van der Waals surface area contributed by atoms with Crippen LogP contribution >= 0.6 is 0 Å². The highest BCUT2D eigenvalue weighted by Gasteiger charge is 2.36. The molecule has 1 fully saturated rings. The fourth-order valence-electron chi connectivity index (χ4n) is 4.66. The summed E-state index contributed by atoms with van der Waals surface area (Å²) in [6.07, 6.45) is 7.13. The Morgan fingerprint density at radius 3 is 2.75 bits per heavy atom. The molecule has 0 amide bonds. The molecule has 8 nitrogen and oxygen atoms in total. The van der Waals surface area contributed by atoms with Crippen LogP contribution in [0.2, 0.25) is 0 Å². The lowest BCUT2D eigenvalue weighted by Crippen LogP contribution is -2.28. The first kappa shape index (κ1) is 24.2. The largest absolute Gasteiger partial charge is 0.395 e. The molecule has 36 heavy (non-hydrogen) atoms. The number of benzene rings is 2. The van der Waals surface area contributed by atoms with Gasteiger partial charge >= 0.3 is 0 Å². The van der Waals surface area contributed by atoms with E-state index in [1.54, 1.807) is 36.5 Å². The Morgan fingerprint density at radius 2 is 2.06 bits per heavy atom. The van der Waals surface area contributed by atoms with E-state index in [0.29, 0.717) is 34.6 Å². The van der Waals surface area contributed by atoms with Crippen molar-refractivity contribution >= 4 is 27.2 Å². The third-order valence-electron chi connectivity index (χ3n) is 7.13. The minimum absolute atomic E-state index is 0.0367. The highest BCUT2D eigenvalue weighted by Crippen LogP contribution is 2.41. The standard InChI is InChI=1S/C27H29N5O3S/c1-27(16-33)15-30-25-20(14-28)11-19(13-22(25)27)24-9-10-29-26(32-24)31-23-8-7-21(36(2,34)35)12-18(23)6-5-17-3-4-17/h7-13,17,30,33H,3-6,15-16H2,1-2H3,(H,29,31,32)/t27-/m1/s1. The quantitative estimate of drug-likeness (QED) is 0.418. The summed E-state index contributed by atoms with van der Waals surface area (Å²) in [4.78, 5) is 9.38. The molecule has 186 valence electrons. The van der Waals surface area contributed by atoms with Gasteiger partial charge in [-0.2, -0.15) is 5.26 Å². The summed E-state index contributed by atoms with van der Waals surface area (Å²) in [7, 11) is -3.31. The minimum atomic E-state index is -3.31. The number of rotatable bonds is 8. The number of aliphatic hydroxyl groups excluding tert-OH is 1. The van der Waals surface area contributed by atoms with Gasteiger partial charge in [0.05, 0.1) is 28.4 Å². The van der Waals surface area contributed by atoms with E-state index >= 15 is 0 Å². The zero-order chi connectivity index (χ0) is 25.5. The van der Waals surface area contributed by atoms with Crippen molar-refractivity contribution in [1.82, 2.24) is 9.97 Å². The highest BCUT2D eigenvalue weighted by molar-refractivity contribution is 7.90. The predicted molar refractivity (Wildman–Crippen MR) is 139 cm³/mol. The molecule has 9 heteroatoms. The summed E-state index contributed by atoms with van der Waals surface area (Å²) in [5.74, 6) is 1.10. The van der Waals surface area contributed by atoms with Gasteiger partial charge in [-0.1, -0.05) is 19.8 Å². The third kappa shape index (κ3) is 4.79. The fraction of sp³-hybridized carbons (Fsp3) is 0.370. The lowest BCUT2D eigenvalue weighted by atomic mass is 9.83. The molecule has 2 aliphatic rings. The van der Waals surface area contributed by atoms with Crippen LogP contribution in [0.4, 0.5) is 17.3 Å². The number of hydrogen-bond donors (Lipinski definition) is 3. The lowest BCUT2D eigenvalue weighted by molar-refractivity contribution is 0.219. The highest BCUT2D eigenvalue weighted by atomic mass is 32.2. The third-order valence-corrected chi connectivity index (χ3v) is 8.25. The van der Waals surface area contributed by atoms with E-state index in [4.69, 9.17) is 4.98 Å². The number of aryl methyl sites for hydroxylation is 1. The summed E-state index contributed by atoms with van der Waals surface area (Å²) in [5.41, 5.74) is 4.79. The van der Waals surface area contributed by atoms with Crippen molar-refractivity contribution in [2.24, 2.45) is 5.92 Å². The topological polar surface area (TPSA) is 128 Å². The van der Waals surface area contributed by atoms with E-state index in [1.807, 2.05) is 13.0 Å². The van der Waals surface area contributed by atoms with Crippen LogP contribution in [0, 0.1) is 17.2 Å². The summed E-state index contributed by atoms with van der Waals surface area (Å²) in [6.45, 7) is 2.48. The smallest absolute Gasteiger partial charge is 0.227 e. The first-order valence-corrected chi connectivity index (χ1v) is 14.0. The van der Waals surface area contributed by atoms with Crippen LogP contribution < -0.4 is 10.6 Å². The van der Waals surface area contributed by atoms with Gasteiger partial charge in [0.25, 0.3) is 0 Å². The van der Waals surface area contributed by atoms with Crippen molar-refractivity contribution in [3.05, 3.63) is 59.3 Å². The van der Waals surface area contributed by atoms with E-state index in [9.17, 15) is 18.8 Å². The maximum atomic E-state index is 12.1. The Labute approximate surface area is 211 Å². The zero-order valence-electron chi connectivity index (χ0n) is 20.4. The molecule has 1 aliphatic heterocycles. The van der Waals surface area contributed by atoms with Crippen LogP contribution in [0.5, 0.6) is 0 Å². The van der Waals surface area contributed by atoms with Crippen molar-refractivity contribution in [3.8, 4) is 17.3 Å². The maximum Gasteiger partial charge on any atom is 0.227 e. The number of aromatic nitrogens is 2. The van der Waals surface area contributed by atoms with E-state index < -0.39 is 15.3 Å². The Bertz CT molecular complexity index is 1480. The van der Waals surface area contributed by atoms with Crippen molar-refractivity contribution in [2.45, 2.75) is 42.9 Å². The van der Waals surface area contributed by atoms with E-state index in [0.717, 1.165) is 40.9 Å². The predicted octanol–water partition coefficient (Wildman–Crippen LogP) is 4.18. The molecule has 5 rings (SSSR count). The Kier molecular flexibility index (Phi) is 6.18. The number of sulfone groups is 1. The SMILES string of the molecule is C[C@]1(CO)CNc2c(C#N)cc(-c3ccnc(Nc4ccc(S(C)(=O)=O)cc4CCC4CC4)n3)cc21. The molecule has 0 saturated heterocycles. The molecule has 0 radical (unpaired) electrons. The Hall–Kier alpha value is -3.48. The van der Waals surface area contributed by atoms with Gasteiger partial charge in [0.2, 0.25) is 5.95 Å². The summed E-state index contributed by atoms with van der Waals surface area (Å²) >= 11 is 0. The second-order valence-electron chi connectivity index (χ2n) is 10.1. The van der Waals surface area contributed by atoms with Gasteiger partial charge in [-0.25, -0.2) is 18.4 Å². The number of nitriles is 1. The molecule has 1 aromatic heterocycles. The molecule has 2 aromatic carbocycles. The number of nitrogens with one attached hydrogen (secondary N) is 2. The van der Waals surface area contributed by atoms with Gasteiger partial charge in [0.1, 0.15) is 6.07 Å². The molecule has 3 aromatic rings. The van der Waals surface area contributed by atoms with Crippen LogP contribution in [0.25, 0.3) is 11.3 Å². The molecule has 0 spiro atoms. The van der Waals surface area contributed by atoms with Crippen LogP contribution in [-0.4, -0.2) is 42.9 Å². The number of hydrogen-bond acceptors (Lipinski definition) is 8. The van der Waals surface area contributed by atoms with Gasteiger partial charge in [-0.15, -0.1) is 0 Å².